The third kappa shape index (κ3) is 3.68. The maximum atomic E-state index is 12.0. The fraction of sp³-hybridized carbons (Fsp3) is 0.917. The molecule has 0 unspecified atom stereocenters. The Morgan fingerprint density at radius 2 is 1.89 bits per heavy atom. The molecular formula is C12H22N2O3S. The van der Waals surface area contributed by atoms with E-state index in [-0.39, 0.29) is 5.91 Å². The van der Waals surface area contributed by atoms with Gasteiger partial charge in [0.2, 0.25) is 5.91 Å². The van der Waals surface area contributed by atoms with Crippen molar-refractivity contribution in [3.05, 3.63) is 0 Å². The molecule has 1 aliphatic carbocycles. The van der Waals surface area contributed by atoms with E-state index in [0.717, 1.165) is 19.3 Å². The smallest absolute Gasteiger partial charge is 0.274 e. The highest BCUT2D eigenvalue weighted by atomic mass is 32.2. The van der Waals surface area contributed by atoms with Crippen molar-refractivity contribution in [2.75, 3.05) is 13.1 Å². The van der Waals surface area contributed by atoms with E-state index in [0.29, 0.717) is 31.3 Å². The van der Waals surface area contributed by atoms with Gasteiger partial charge in [-0.3, -0.25) is 4.79 Å². The molecule has 6 heteroatoms. The van der Waals surface area contributed by atoms with E-state index in [1.807, 2.05) is 6.92 Å². The summed E-state index contributed by atoms with van der Waals surface area (Å²) in [6.07, 6.45) is 5.50. The van der Waals surface area contributed by atoms with Crippen molar-refractivity contribution in [1.82, 2.24) is 9.03 Å². The number of nitrogens with zero attached hydrogens (tertiary/aromatic N) is 1. The van der Waals surface area contributed by atoms with Gasteiger partial charge in [-0.25, -0.2) is 4.72 Å². The van der Waals surface area contributed by atoms with Crippen LogP contribution in [-0.2, 0) is 15.0 Å². The van der Waals surface area contributed by atoms with Crippen molar-refractivity contribution in [1.29, 1.82) is 0 Å². The molecule has 1 aliphatic heterocycles. The summed E-state index contributed by atoms with van der Waals surface area (Å²) < 4.78 is 27.5. The summed E-state index contributed by atoms with van der Waals surface area (Å²) in [5.74, 6) is 0.551. The van der Waals surface area contributed by atoms with E-state index in [2.05, 4.69) is 4.72 Å². The molecule has 1 saturated carbocycles. The average Bonchev–Trinajstić information content (AvgIpc) is 3.13. The van der Waals surface area contributed by atoms with Crippen molar-refractivity contribution in [3.8, 4) is 0 Å². The molecule has 0 aromatic rings. The number of amides is 1. The van der Waals surface area contributed by atoms with Crippen LogP contribution in [0.15, 0.2) is 0 Å². The zero-order valence-electron chi connectivity index (χ0n) is 10.9. The predicted octanol–water partition coefficient (Wildman–Crippen LogP) is 1.27. The molecule has 0 radical (unpaired) electrons. The Morgan fingerprint density at radius 3 is 2.44 bits per heavy atom. The summed E-state index contributed by atoms with van der Waals surface area (Å²) in [7, 11) is -3.60. The van der Waals surface area contributed by atoms with E-state index in [1.165, 1.54) is 17.1 Å². The number of piperidine rings is 1. The minimum atomic E-state index is -3.60. The molecule has 0 spiro atoms. The van der Waals surface area contributed by atoms with Crippen LogP contribution in [0.2, 0.25) is 0 Å². The van der Waals surface area contributed by atoms with Crippen LogP contribution in [0, 0.1) is 11.8 Å². The van der Waals surface area contributed by atoms with Crippen molar-refractivity contribution in [2.24, 2.45) is 11.8 Å². The molecule has 5 nitrogen and oxygen atoms in total. The average molecular weight is 274 g/mol. The molecule has 1 amide bonds. The molecule has 1 atom stereocenters. The van der Waals surface area contributed by atoms with E-state index in [4.69, 9.17) is 0 Å². The number of hydrogen-bond acceptors (Lipinski definition) is 3. The van der Waals surface area contributed by atoms with E-state index in [1.54, 1.807) is 0 Å². The fourth-order valence-corrected chi connectivity index (χ4v) is 3.72. The van der Waals surface area contributed by atoms with E-state index < -0.39 is 10.2 Å². The number of hydrogen-bond donors (Lipinski definition) is 1. The first-order valence-electron chi connectivity index (χ1n) is 6.80. The second kappa shape index (κ2) is 5.57. The van der Waals surface area contributed by atoms with Crippen molar-refractivity contribution in [2.45, 2.75) is 45.4 Å². The summed E-state index contributed by atoms with van der Waals surface area (Å²) in [6.45, 7) is 3.08. The molecule has 2 fully saturated rings. The zero-order chi connectivity index (χ0) is 13.2. The number of carbonyl (C=O) groups is 1. The van der Waals surface area contributed by atoms with Crippen LogP contribution >= 0.6 is 0 Å². The topological polar surface area (TPSA) is 66.5 Å². The van der Waals surface area contributed by atoms with Crippen LogP contribution in [0.4, 0.5) is 0 Å². The Bertz CT molecular complexity index is 398. The Kier molecular flexibility index (Phi) is 4.27. The molecule has 104 valence electrons. The van der Waals surface area contributed by atoms with Gasteiger partial charge in [-0.15, -0.1) is 0 Å². The van der Waals surface area contributed by atoms with Crippen LogP contribution in [0.5, 0.6) is 0 Å². The second-order valence-corrected chi connectivity index (χ2v) is 7.18. The number of rotatable bonds is 5. The Morgan fingerprint density at radius 1 is 1.28 bits per heavy atom. The van der Waals surface area contributed by atoms with Gasteiger partial charge in [0, 0.05) is 19.5 Å². The third-order valence-corrected chi connectivity index (χ3v) is 5.36. The van der Waals surface area contributed by atoms with Crippen molar-refractivity contribution < 1.29 is 13.2 Å². The maximum Gasteiger partial charge on any atom is 0.303 e. The van der Waals surface area contributed by atoms with Gasteiger partial charge in [-0.2, -0.15) is 12.7 Å². The highest BCUT2D eigenvalue weighted by Crippen LogP contribution is 2.38. The van der Waals surface area contributed by atoms with Crippen LogP contribution in [0.25, 0.3) is 0 Å². The Labute approximate surface area is 109 Å². The molecule has 0 aromatic carbocycles. The zero-order valence-corrected chi connectivity index (χ0v) is 11.7. The second-order valence-electron chi connectivity index (χ2n) is 5.51. The van der Waals surface area contributed by atoms with Gasteiger partial charge in [0.25, 0.3) is 0 Å². The predicted molar refractivity (Wildman–Crippen MR) is 69.0 cm³/mol. The van der Waals surface area contributed by atoms with Crippen molar-refractivity contribution >= 4 is 16.1 Å². The molecule has 1 saturated heterocycles. The summed E-state index contributed by atoms with van der Waals surface area (Å²) in [6, 6.07) is 0. The first-order chi connectivity index (χ1) is 8.49. The standard InChI is InChI=1S/C12H22N2O3S/c1-10(11-5-6-11)9-12(15)13-18(16,17)14-7-3-2-4-8-14/h10-11H,2-9H2,1H3,(H,13,15)/t10-/m1/s1. The fourth-order valence-electron chi connectivity index (χ4n) is 2.48. The van der Waals surface area contributed by atoms with Gasteiger partial charge in [0.15, 0.2) is 0 Å². The summed E-state index contributed by atoms with van der Waals surface area (Å²) in [4.78, 5) is 11.7. The van der Waals surface area contributed by atoms with Crippen LogP contribution in [-0.4, -0.2) is 31.7 Å². The first-order valence-corrected chi connectivity index (χ1v) is 8.24. The molecule has 0 bridgehead atoms. The largest absolute Gasteiger partial charge is 0.303 e. The lowest BCUT2D eigenvalue weighted by atomic mass is 10.0. The number of nitrogens with one attached hydrogen (secondary N) is 1. The molecule has 1 heterocycles. The van der Waals surface area contributed by atoms with Gasteiger partial charge >= 0.3 is 10.2 Å². The molecule has 2 aliphatic rings. The lowest BCUT2D eigenvalue weighted by molar-refractivity contribution is -0.120. The molecule has 0 aromatic heterocycles. The summed E-state index contributed by atoms with van der Waals surface area (Å²) in [5.41, 5.74) is 0. The SMILES string of the molecule is C[C@H](CC(=O)NS(=O)(=O)N1CCCCC1)C1CC1. The highest BCUT2D eigenvalue weighted by Gasteiger charge is 2.31. The monoisotopic (exact) mass is 274 g/mol. The molecule has 18 heavy (non-hydrogen) atoms. The first kappa shape index (κ1) is 13.8. The normalized spacial score (nSPS) is 23.6. The van der Waals surface area contributed by atoms with Gasteiger partial charge in [-0.1, -0.05) is 13.3 Å². The highest BCUT2D eigenvalue weighted by molar-refractivity contribution is 7.87. The lowest BCUT2D eigenvalue weighted by Gasteiger charge is -2.25. The summed E-state index contributed by atoms with van der Waals surface area (Å²) in [5, 5.41) is 0. The van der Waals surface area contributed by atoms with Gasteiger partial charge in [0.05, 0.1) is 0 Å². The quantitative estimate of drug-likeness (QED) is 0.821. The molecule has 2 rings (SSSR count). The maximum absolute atomic E-state index is 12.0. The Hall–Kier alpha value is -0.620. The number of carbonyl (C=O) groups excluding carboxylic acids is 1. The molecule has 1 N–H and O–H groups in total. The van der Waals surface area contributed by atoms with Gasteiger partial charge in [0.1, 0.15) is 0 Å². The molecular weight excluding hydrogens is 252 g/mol. The van der Waals surface area contributed by atoms with Gasteiger partial charge < -0.3 is 0 Å². The third-order valence-electron chi connectivity index (χ3n) is 3.83. The summed E-state index contributed by atoms with van der Waals surface area (Å²) >= 11 is 0. The lowest BCUT2D eigenvalue weighted by Crippen LogP contribution is -2.45. The van der Waals surface area contributed by atoms with Crippen molar-refractivity contribution in [3.63, 3.8) is 0 Å². The van der Waals surface area contributed by atoms with Crippen LogP contribution in [0.1, 0.15) is 45.4 Å². The minimum absolute atomic E-state index is 0.293. The van der Waals surface area contributed by atoms with Crippen LogP contribution < -0.4 is 4.72 Å². The van der Waals surface area contributed by atoms with E-state index >= 15 is 0 Å². The van der Waals surface area contributed by atoms with E-state index in [9.17, 15) is 13.2 Å². The Balaban J connectivity index is 1.84. The van der Waals surface area contributed by atoms with Crippen LogP contribution in [0.3, 0.4) is 0 Å². The van der Waals surface area contributed by atoms with Gasteiger partial charge in [-0.05, 0) is 37.5 Å². The minimum Gasteiger partial charge on any atom is -0.274 e.